The van der Waals surface area contributed by atoms with Crippen LogP contribution < -0.4 is 5.73 Å². The van der Waals surface area contributed by atoms with E-state index in [0.717, 1.165) is 17.0 Å². The second-order valence-electron chi connectivity index (χ2n) is 3.14. The monoisotopic (exact) mass is 209 g/mol. The van der Waals surface area contributed by atoms with E-state index in [2.05, 4.69) is 0 Å². The number of carbonyl (C=O) groups is 1. The van der Waals surface area contributed by atoms with E-state index in [1.54, 1.807) is 0 Å². The van der Waals surface area contributed by atoms with E-state index in [1.165, 1.54) is 11.8 Å². The highest BCUT2D eigenvalue weighted by Gasteiger charge is 2.27. The van der Waals surface area contributed by atoms with Gasteiger partial charge in [0.05, 0.1) is 6.61 Å². The Morgan fingerprint density at radius 1 is 1.50 bits per heavy atom. The number of carbonyl (C=O) groups excluding carboxylic acids is 1. The molecule has 1 aliphatic rings. The highest BCUT2D eigenvalue weighted by atomic mass is 32.2. The van der Waals surface area contributed by atoms with Crippen LogP contribution >= 0.6 is 11.8 Å². The summed E-state index contributed by atoms with van der Waals surface area (Å²) in [5.41, 5.74) is 6.36. The number of hydrogen-bond acceptors (Lipinski definition) is 4. The lowest BCUT2D eigenvalue weighted by molar-refractivity contribution is -0.137. The molecule has 0 aliphatic carbocycles. The number of nitrogen functional groups attached to an aromatic ring is 1. The highest BCUT2D eigenvalue weighted by Crippen LogP contribution is 2.30. The summed E-state index contributed by atoms with van der Waals surface area (Å²) in [6, 6.07) is 7.54. The van der Waals surface area contributed by atoms with Crippen molar-refractivity contribution in [3.8, 4) is 0 Å². The second kappa shape index (κ2) is 3.92. The molecule has 4 heteroatoms. The number of esters is 1. The first-order valence-electron chi connectivity index (χ1n) is 4.44. The zero-order valence-electron chi connectivity index (χ0n) is 7.60. The number of cyclic esters (lactones) is 1. The van der Waals surface area contributed by atoms with Gasteiger partial charge in [-0.1, -0.05) is 6.07 Å². The van der Waals surface area contributed by atoms with E-state index in [-0.39, 0.29) is 11.2 Å². The standard InChI is InChI=1S/C10H11NO2S/c11-7-2-1-3-8(6-7)14-9-4-5-13-10(9)12/h1-3,6,9H,4-5,11H2. The molecule has 0 amide bonds. The molecule has 2 N–H and O–H groups in total. The zero-order chi connectivity index (χ0) is 9.97. The average molecular weight is 209 g/mol. The van der Waals surface area contributed by atoms with Crippen LogP contribution in [0.15, 0.2) is 29.2 Å². The van der Waals surface area contributed by atoms with Gasteiger partial charge in [-0.15, -0.1) is 11.8 Å². The largest absolute Gasteiger partial charge is 0.465 e. The first-order chi connectivity index (χ1) is 6.75. The summed E-state index contributed by atoms with van der Waals surface area (Å²) in [6.45, 7) is 0.540. The molecule has 1 heterocycles. The predicted octanol–water partition coefficient (Wildman–Crippen LogP) is 1.68. The minimum Gasteiger partial charge on any atom is -0.465 e. The van der Waals surface area contributed by atoms with Crippen LogP contribution in [-0.2, 0) is 9.53 Å². The summed E-state index contributed by atoms with van der Waals surface area (Å²) in [4.78, 5) is 12.2. The van der Waals surface area contributed by atoms with Crippen molar-refractivity contribution >= 4 is 23.4 Å². The molecule has 14 heavy (non-hydrogen) atoms. The van der Waals surface area contributed by atoms with Crippen molar-refractivity contribution in [3.05, 3.63) is 24.3 Å². The number of nitrogens with two attached hydrogens (primary N) is 1. The lowest BCUT2D eigenvalue weighted by Gasteiger charge is -2.05. The Morgan fingerprint density at radius 3 is 3.00 bits per heavy atom. The van der Waals surface area contributed by atoms with Crippen LogP contribution in [0.4, 0.5) is 5.69 Å². The van der Waals surface area contributed by atoms with Gasteiger partial charge in [-0.2, -0.15) is 0 Å². The smallest absolute Gasteiger partial charge is 0.319 e. The van der Waals surface area contributed by atoms with Gasteiger partial charge in [0.25, 0.3) is 0 Å². The molecule has 1 unspecified atom stereocenters. The van der Waals surface area contributed by atoms with Crippen LogP contribution in [0.5, 0.6) is 0 Å². The maximum Gasteiger partial charge on any atom is 0.319 e. The van der Waals surface area contributed by atoms with Crippen LogP contribution in [0.2, 0.25) is 0 Å². The molecule has 2 rings (SSSR count). The lowest BCUT2D eigenvalue weighted by atomic mass is 10.3. The van der Waals surface area contributed by atoms with E-state index in [0.29, 0.717) is 6.61 Å². The molecule has 3 nitrogen and oxygen atoms in total. The molecule has 1 atom stereocenters. The fourth-order valence-electron chi connectivity index (χ4n) is 1.34. The number of hydrogen-bond donors (Lipinski definition) is 1. The SMILES string of the molecule is Nc1cccc(SC2CCOC2=O)c1. The van der Waals surface area contributed by atoms with Gasteiger partial charge in [0.1, 0.15) is 5.25 Å². The third-order valence-corrected chi connectivity index (χ3v) is 3.26. The molecule has 1 fully saturated rings. The first kappa shape index (κ1) is 9.40. The average Bonchev–Trinajstić information content (AvgIpc) is 2.52. The number of thioether (sulfide) groups is 1. The van der Waals surface area contributed by atoms with Crippen molar-refractivity contribution in [1.82, 2.24) is 0 Å². The van der Waals surface area contributed by atoms with Crippen LogP contribution in [0.1, 0.15) is 6.42 Å². The number of anilines is 1. The molecule has 0 bridgehead atoms. The van der Waals surface area contributed by atoms with Crippen LogP contribution in [0.3, 0.4) is 0 Å². The molecule has 0 aromatic heterocycles. The quantitative estimate of drug-likeness (QED) is 0.594. The fraction of sp³-hybridized carbons (Fsp3) is 0.300. The van der Waals surface area contributed by atoms with Crippen molar-refractivity contribution in [2.24, 2.45) is 0 Å². The molecule has 0 spiro atoms. The van der Waals surface area contributed by atoms with Gasteiger partial charge < -0.3 is 10.5 Å². The maximum atomic E-state index is 11.2. The molecular formula is C10H11NO2S. The van der Waals surface area contributed by atoms with Crippen molar-refractivity contribution < 1.29 is 9.53 Å². The van der Waals surface area contributed by atoms with Crippen molar-refractivity contribution in [2.75, 3.05) is 12.3 Å². The minimum absolute atomic E-state index is 0.0585. The third-order valence-electron chi connectivity index (χ3n) is 2.02. The van der Waals surface area contributed by atoms with Crippen LogP contribution in [-0.4, -0.2) is 17.8 Å². The van der Waals surface area contributed by atoms with E-state index < -0.39 is 0 Å². The second-order valence-corrected chi connectivity index (χ2v) is 4.41. The third kappa shape index (κ3) is 2.01. The molecule has 0 saturated carbocycles. The topological polar surface area (TPSA) is 52.3 Å². The molecule has 0 radical (unpaired) electrons. The molecule has 1 aliphatic heterocycles. The van der Waals surface area contributed by atoms with Crippen molar-refractivity contribution in [1.29, 1.82) is 0 Å². The van der Waals surface area contributed by atoms with E-state index in [4.69, 9.17) is 10.5 Å². The summed E-state index contributed by atoms with van der Waals surface area (Å²) in [6.07, 6.45) is 0.790. The lowest BCUT2D eigenvalue weighted by Crippen LogP contribution is -2.09. The van der Waals surface area contributed by atoms with E-state index in [9.17, 15) is 4.79 Å². The fourth-order valence-corrected chi connectivity index (χ4v) is 2.40. The summed E-state index contributed by atoms with van der Waals surface area (Å²) in [5.74, 6) is -0.113. The van der Waals surface area contributed by atoms with Gasteiger partial charge >= 0.3 is 5.97 Å². The van der Waals surface area contributed by atoms with Gasteiger partial charge in [-0.05, 0) is 18.2 Å². The van der Waals surface area contributed by atoms with Gasteiger partial charge in [-0.25, -0.2) is 0 Å². The van der Waals surface area contributed by atoms with E-state index in [1.807, 2.05) is 24.3 Å². The summed E-state index contributed by atoms with van der Waals surface area (Å²) >= 11 is 1.52. The molecular weight excluding hydrogens is 198 g/mol. The van der Waals surface area contributed by atoms with Gasteiger partial charge in [-0.3, -0.25) is 4.79 Å². The summed E-state index contributed by atoms with van der Waals surface area (Å²) < 4.78 is 4.88. The molecule has 1 aromatic rings. The van der Waals surface area contributed by atoms with Crippen molar-refractivity contribution in [3.63, 3.8) is 0 Å². The molecule has 1 saturated heterocycles. The Kier molecular flexibility index (Phi) is 2.63. The zero-order valence-corrected chi connectivity index (χ0v) is 8.42. The maximum absolute atomic E-state index is 11.2. The summed E-state index contributed by atoms with van der Waals surface area (Å²) in [5, 5.41) is -0.0585. The Hall–Kier alpha value is -1.16. The Labute approximate surface area is 86.6 Å². The Morgan fingerprint density at radius 2 is 2.36 bits per heavy atom. The highest BCUT2D eigenvalue weighted by molar-refractivity contribution is 8.00. The number of rotatable bonds is 2. The van der Waals surface area contributed by atoms with Crippen LogP contribution in [0.25, 0.3) is 0 Å². The predicted molar refractivity (Wildman–Crippen MR) is 56.1 cm³/mol. The molecule has 74 valence electrons. The number of ether oxygens (including phenoxy) is 1. The summed E-state index contributed by atoms with van der Waals surface area (Å²) in [7, 11) is 0. The van der Waals surface area contributed by atoms with Crippen molar-refractivity contribution in [2.45, 2.75) is 16.6 Å². The van der Waals surface area contributed by atoms with Crippen LogP contribution in [0, 0.1) is 0 Å². The molecule has 1 aromatic carbocycles. The Bertz CT molecular complexity index is 354. The number of benzene rings is 1. The first-order valence-corrected chi connectivity index (χ1v) is 5.32. The Balaban J connectivity index is 2.07. The van der Waals surface area contributed by atoms with Gasteiger partial charge in [0.2, 0.25) is 0 Å². The van der Waals surface area contributed by atoms with Gasteiger partial charge in [0.15, 0.2) is 0 Å². The minimum atomic E-state index is -0.113. The normalized spacial score (nSPS) is 20.9. The van der Waals surface area contributed by atoms with E-state index >= 15 is 0 Å². The van der Waals surface area contributed by atoms with Gasteiger partial charge in [0, 0.05) is 17.0 Å².